The fraction of sp³-hybridized carbons (Fsp3) is 0.562. The Kier molecular flexibility index (Phi) is 4.92. The van der Waals surface area contributed by atoms with Gasteiger partial charge in [0, 0.05) is 11.4 Å². The first-order valence-electron chi connectivity index (χ1n) is 7.11. The Hall–Kier alpha value is -1.22. The van der Waals surface area contributed by atoms with Gasteiger partial charge in [-0.25, -0.2) is 0 Å². The first kappa shape index (κ1) is 15.2. The van der Waals surface area contributed by atoms with E-state index in [1.807, 2.05) is 0 Å². The molecule has 0 saturated heterocycles. The molecule has 0 spiro atoms. The fourth-order valence-corrected chi connectivity index (χ4v) is 3.00. The summed E-state index contributed by atoms with van der Waals surface area (Å²) in [6.07, 6.45) is 4.16. The van der Waals surface area contributed by atoms with Crippen LogP contribution in [0.5, 0.6) is 5.75 Å². The molecule has 1 N–H and O–H groups in total. The van der Waals surface area contributed by atoms with E-state index in [-0.39, 0.29) is 11.4 Å². The summed E-state index contributed by atoms with van der Waals surface area (Å²) in [6, 6.07) is 7.15. The van der Waals surface area contributed by atoms with E-state index in [4.69, 9.17) is 16.3 Å². The molecule has 1 fully saturated rings. The number of amides is 1. The van der Waals surface area contributed by atoms with Crippen molar-refractivity contribution in [1.82, 2.24) is 5.32 Å². The molecule has 2 rings (SSSR count). The lowest BCUT2D eigenvalue weighted by Crippen LogP contribution is -2.52. The largest absolute Gasteiger partial charge is 0.497 e. The number of hydrogen-bond acceptors (Lipinski definition) is 2. The van der Waals surface area contributed by atoms with Crippen LogP contribution in [0.15, 0.2) is 24.3 Å². The molecule has 0 radical (unpaired) electrons. The molecule has 1 aromatic rings. The number of ether oxygens (including phenoxy) is 1. The van der Waals surface area contributed by atoms with E-state index in [1.54, 1.807) is 31.4 Å². The number of halogens is 1. The number of nitrogens with one attached hydrogen (secondary N) is 1. The second-order valence-electron chi connectivity index (χ2n) is 5.78. The Bertz CT molecular complexity index is 450. The summed E-state index contributed by atoms with van der Waals surface area (Å²) >= 11 is 6.13. The van der Waals surface area contributed by atoms with Crippen molar-refractivity contribution in [3.63, 3.8) is 0 Å². The third-order valence-electron chi connectivity index (χ3n) is 4.22. The summed E-state index contributed by atoms with van der Waals surface area (Å²) in [5.41, 5.74) is 0.402. The molecule has 1 aliphatic rings. The molecule has 0 aromatic heterocycles. The predicted octanol–water partition coefficient (Wildman–Crippen LogP) is 3.61. The summed E-state index contributed by atoms with van der Waals surface area (Å²) in [5, 5.41) is 3.14. The van der Waals surface area contributed by atoms with Gasteiger partial charge in [-0.1, -0.05) is 6.92 Å². The molecule has 1 amide bonds. The second kappa shape index (κ2) is 6.49. The topological polar surface area (TPSA) is 38.3 Å². The summed E-state index contributed by atoms with van der Waals surface area (Å²) < 4.78 is 5.10. The van der Waals surface area contributed by atoms with E-state index >= 15 is 0 Å². The van der Waals surface area contributed by atoms with Gasteiger partial charge in [0.2, 0.25) is 0 Å². The minimum Gasteiger partial charge on any atom is -0.497 e. The Balaban J connectivity index is 2.04. The number of carbonyl (C=O) groups excluding carboxylic acids is 1. The van der Waals surface area contributed by atoms with Crippen LogP contribution in [0.2, 0.25) is 0 Å². The van der Waals surface area contributed by atoms with Gasteiger partial charge in [-0.05, 0) is 55.9 Å². The van der Waals surface area contributed by atoms with E-state index in [2.05, 4.69) is 12.2 Å². The van der Waals surface area contributed by atoms with Crippen molar-refractivity contribution in [2.75, 3.05) is 13.0 Å². The minimum absolute atomic E-state index is 0.0529. The monoisotopic (exact) mass is 295 g/mol. The van der Waals surface area contributed by atoms with Gasteiger partial charge >= 0.3 is 0 Å². The third-order valence-corrected chi connectivity index (χ3v) is 4.73. The van der Waals surface area contributed by atoms with Crippen LogP contribution in [0.3, 0.4) is 0 Å². The summed E-state index contributed by atoms with van der Waals surface area (Å²) in [4.78, 5) is 12.3. The molecule has 4 heteroatoms. The van der Waals surface area contributed by atoms with Crippen LogP contribution < -0.4 is 10.1 Å². The van der Waals surface area contributed by atoms with Gasteiger partial charge in [0.25, 0.3) is 5.91 Å². The molecule has 1 aromatic carbocycles. The predicted molar refractivity (Wildman–Crippen MR) is 81.5 cm³/mol. The van der Waals surface area contributed by atoms with Crippen LogP contribution in [-0.2, 0) is 0 Å². The van der Waals surface area contributed by atoms with Crippen molar-refractivity contribution >= 4 is 17.5 Å². The molecular weight excluding hydrogens is 274 g/mol. The SMILES string of the molecule is COc1ccc(C(=O)NC2(CCl)CCC(C)CC2)cc1. The molecule has 0 bridgehead atoms. The van der Waals surface area contributed by atoms with Crippen LogP contribution in [0.4, 0.5) is 0 Å². The Morgan fingerprint density at radius 3 is 2.45 bits per heavy atom. The highest BCUT2D eigenvalue weighted by Gasteiger charge is 2.34. The van der Waals surface area contributed by atoms with Crippen molar-refractivity contribution < 1.29 is 9.53 Å². The quantitative estimate of drug-likeness (QED) is 0.862. The van der Waals surface area contributed by atoms with Crippen molar-refractivity contribution in [2.24, 2.45) is 5.92 Å². The Labute approximate surface area is 125 Å². The highest BCUT2D eigenvalue weighted by Crippen LogP contribution is 2.33. The van der Waals surface area contributed by atoms with Gasteiger partial charge in [0.05, 0.1) is 12.6 Å². The van der Waals surface area contributed by atoms with Gasteiger partial charge in [-0.15, -0.1) is 11.6 Å². The van der Waals surface area contributed by atoms with Gasteiger partial charge in [0.1, 0.15) is 5.75 Å². The zero-order valence-electron chi connectivity index (χ0n) is 12.1. The lowest BCUT2D eigenvalue weighted by Gasteiger charge is -2.38. The van der Waals surface area contributed by atoms with Crippen molar-refractivity contribution in [1.29, 1.82) is 0 Å². The van der Waals surface area contributed by atoms with Crippen molar-refractivity contribution in [2.45, 2.75) is 38.1 Å². The molecule has 0 atom stereocenters. The Morgan fingerprint density at radius 2 is 1.95 bits per heavy atom. The maximum Gasteiger partial charge on any atom is 0.251 e. The van der Waals surface area contributed by atoms with E-state index in [0.717, 1.165) is 37.4 Å². The van der Waals surface area contributed by atoms with Crippen molar-refractivity contribution in [3.8, 4) is 5.75 Å². The lowest BCUT2D eigenvalue weighted by atomic mass is 9.78. The number of hydrogen-bond donors (Lipinski definition) is 1. The molecule has 1 saturated carbocycles. The summed E-state index contributed by atoms with van der Waals surface area (Å²) in [7, 11) is 1.61. The van der Waals surface area contributed by atoms with Crippen LogP contribution >= 0.6 is 11.6 Å². The molecule has 0 unspecified atom stereocenters. The van der Waals surface area contributed by atoms with Gasteiger partial charge in [-0.2, -0.15) is 0 Å². The van der Waals surface area contributed by atoms with E-state index in [0.29, 0.717) is 11.4 Å². The highest BCUT2D eigenvalue weighted by molar-refractivity contribution is 6.19. The fourth-order valence-electron chi connectivity index (χ4n) is 2.66. The summed E-state index contributed by atoms with van der Waals surface area (Å²) in [5.74, 6) is 1.90. The van der Waals surface area contributed by atoms with E-state index in [1.165, 1.54) is 0 Å². The third kappa shape index (κ3) is 3.45. The maximum atomic E-state index is 12.3. The van der Waals surface area contributed by atoms with Crippen molar-refractivity contribution in [3.05, 3.63) is 29.8 Å². The molecule has 0 heterocycles. The molecule has 3 nitrogen and oxygen atoms in total. The number of carbonyl (C=O) groups is 1. The first-order valence-corrected chi connectivity index (χ1v) is 7.64. The number of methoxy groups -OCH3 is 1. The normalized spacial score (nSPS) is 26.1. The molecule has 20 heavy (non-hydrogen) atoms. The standard InChI is InChI=1S/C16H22ClNO2/c1-12-7-9-16(11-17,10-8-12)18-15(19)13-3-5-14(20-2)6-4-13/h3-6,12H,7-11H2,1-2H3,(H,18,19). The lowest BCUT2D eigenvalue weighted by molar-refractivity contribution is 0.0872. The van der Waals surface area contributed by atoms with Crippen LogP contribution in [0.25, 0.3) is 0 Å². The minimum atomic E-state index is -0.245. The molecule has 1 aliphatic carbocycles. The zero-order valence-corrected chi connectivity index (χ0v) is 12.9. The summed E-state index contributed by atoms with van der Waals surface area (Å²) in [6.45, 7) is 2.25. The number of alkyl halides is 1. The molecule has 110 valence electrons. The van der Waals surface area contributed by atoms with Gasteiger partial charge in [-0.3, -0.25) is 4.79 Å². The van der Waals surface area contributed by atoms with Crippen LogP contribution in [-0.4, -0.2) is 24.4 Å². The molecular formula is C16H22ClNO2. The number of rotatable bonds is 4. The average Bonchev–Trinajstić information content (AvgIpc) is 2.50. The van der Waals surface area contributed by atoms with Gasteiger partial charge < -0.3 is 10.1 Å². The number of benzene rings is 1. The van der Waals surface area contributed by atoms with E-state index < -0.39 is 0 Å². The first-order chi connectivity index (χ1) is 9.58. The maximum absolute atomic E-state index is 12.3. The van der Waals surface area contributed by atoms with Crippen LogP contribution in [0, 0.1) is 5.92 Å². The van der Waals surface area contributed by atoms with E-state index in [9.17, 15) is 4.79 Å². The van der Waals surface area contributed by atoms with Crippen LogP contribution in [0.1, 0.15) is 43.0 Å². The smallest absolute Gasteiger partial charge is 0.251 e. The zero-order chi connectivity index (χ0) is 14.6. The average molecular weight is 296 g/mol. The molecule has 0 aliphatic heterocycles. The van der Waals surface area contributed by atoms with Gasteiger partial charge in [0.15, 0.2) is 0 Å². The Morgan fingerprint density at radius 1 is 1.35 bits per heavy atom. The highest BCUT2D eigenvalue weighted by atomic mass is 35.5. The second-order valence-corrected chi connectivity index (χ2v) is 6.05.